The van der Waals surface area contributed by atoms with Crippen LogP contribution in [0.15, 0.2) is 6.20 Å². The summed E-state index contributed by atoms with van der Waals surface area (Å²) in [7, 11) is 1.94. The van der Waals surface area contributed by atoms with E-state index in [0.717, 1.165) is 41.4 Å². The van der Waals surface area contributed by atoms with Crippen molar-refractivity contribution in [3.8, 4) is 11.3 Å². The Labute approximate surface area is 113 Å². The molecule has 0 bridgehead atoms. The third-order valence-electron chi connectivity index (χ3n) is 3.74. The lowest BCUT2D eigenvalue weighted by molar-refractivity contribution is 0.696. The van der Waals surface area contributed by atoms with Gasteiger partial charge in [-0.05, 0) is 19.3 Å². The summed E-state index contributed by atoms with van der Waals surface area (Å²) in [5.74, 6) is 1.91. The average molecular weight is 259 g/mol. The molecule has 1 aliphatic rings. The number of anilines is 1. The van der Waals surface area contributed by atoms with E-state index in [1.807, 2.05) is 17.9 Å². The van der Waals surface area contributed by atoms with Crippen molar-refractivity contribution in [3.05, 3.63) is 17.7 Å². The van der Waals surface area contributed by atoms with Gasteiger partial charge in [-0.3, -0.25) is 4.68 Å². The first-order valence-corrected chi connectivity index (χ1v) is 7.05. The molecule has 0 radical (unpaired) electrons. The molecule has 1 aliphatic carbocycles. The van der Waals surface area contributed by atoms with Crippen molar-refractivity contribution >= 4 is 5.82 Å². The third kappa shape index (κ3) is 1.93. The van der Waals surface area contributed by atoms with E-state index in [1.54, 1.807) is 0 Å². The van der Waals surface area contributed by atoms with E-state index in [-0.39, 0.29) is 0 Å². The molecule has 0 saturated heterocycles. The first-order chi connectivity index (χ1) is 9.15. The van der Waals surface area contributed by atoms with Gasteiger partial charge in [-0.25, -0.2) is 4.98 Å². The van der Waals surface area contributed by atoms with Gasteiger partial charge < -0.3 is 10.3 Å². The summed E-state index contributed by atoms with van der Waals surface area (Å²) in [6, 6.07) is 0.568. The number of hydrogen-bond donors (Lipinski definition) is 1. The van der Waals surface area contributed by atoms with E-state index < -0.39 is 0 Å². The molecule has 2 aromatic heterocycles. The van der Waals surface area contributed by atoms with Gasteiger partial charge in [0.25, 0.3) is 0 Å². The van der Waals surface area contributed by atoms with Crippen molar-refractivity contribution in [3.63, 3.8) is 0 Å². The minimum Gasteiger partial charge on any atom is -0.383 e. The van der Waals surface area contributed by atoms with Gasteiger partial charge >= 0.3 is 0 Å². The molecule has 0 amide bonds. The van der Waals surface area contributed by atoms with Crippen LogP contribution in [0.4, 0.5) is 5.82 Å². The Kier molecular flexibility index (Phi) is 2.84. The Bertz CT molecular complexity index is 604. The molecule has 2 N–H and O–H groups in total. The predicted octanol–water partition coefficient (Wildman–Crippen LogP) is 2.33. The second kappa shape index (κ2) is 4.40. The molecule has 5 heteroatoms. The Hall–Kier alpha value is -1.78. The number of aryl methyl sites for hydroxylation is 3. The van der Waals surface area contributed by atoms with E-state index in [2.05, 4.69) is 23.5 Å². The second-order valence-electron chi connectivity index (χ2n) is 5.23. The van der Waals surface area contributed by atoms with Gasteiger partial charge in [0.05, 0.1) is 5.69 Å². The fourth-order valence-corrected chi connectivity index (χ4v) is 2.67. The third-order valence-corrected chi connectivity index (χ3v) is 3.74. The highest BCUT2D eigenvalue weighted by Gasteiger charge is 2.30. The molecule has 5 nitrogen and oxygen atoms in total. The van der Waals surface area contributed by atoms with Crippen molar-refractivity contribution in [1.29, 1.82) is 0 Å². The average Bonchev–Trinajstić information content (AvgIpc) is 3.08. The van der Waals surface area contributed by atoms with Crippen molar-refractivity contribution in [2.75, 3.05) is 5.73 Å². The number of nitrogens with zero attached hydrogens (tertiary/aromatic N) is 4. The maximum absolute atomic E-state index is 6.35. The van der Waals surface area contributed by atoms with Gasteiger partial charge in [0.15, 0.2) is 0 Å². The molecule has 0 aliphatic heterocycles. The number of nitrogen functional groups attached to an aromatic ring is 1. The van der Waals surface area contributed by atoms with Crippen molar-refractivity contribution in [2.24, 2.45) is 7.05 Å². The summed E-state index contributed by atoms with van der Waals surface area (Å²) in [5.41, 5.74) is 9.41. The minimum atomic E-state index is 0.568. The van der Waals surface area contributed by atoms with Crippen LogP contribution in [0, 0.1) is 0 Å². The smallest absolute Gasteiger partial charge is 0.132 e. The van der Waals surface area contributed by atoms with Crippen LogP contribution in [-0.4, -0.2) is 19.3 Å². The van der Waals surface area contributed by atoms with Crippen LogP contribution in [0.1, 0.15) is 44.2 Å². The first kappa shape index (κ1) is 12.3. The normalized spacial score (nSPS) is 15.1. The van der Waals surface area contributed by atoms with Gasteiger partial charge in [-0.2, -0.15) is 5.10 Å². The largest absolute Gasteiger partial charge is 0.383 e. The standard InChI is InChI=1S/C14H21N5/c1-4-11-10(8-18(3)17-11)13-14(15)19(9-6-7-9)12(5-2)16-13/h8-9H,4-7,15H2,1-3H3. The SMILES string of the molecule is CCc1nn(C)cc1-c1nc(CC)n(C2CC2)c1N. The quantitative estimate of drug-likeness (QED) is 0.916. The maximum Gasteiger partial charge on any atom is 0.132 e. The zero-order valence-corrected chi connectivity index (χ0v) is 11.8. The number of nitrogens with two attached hydrogens (primary N) is 1. The Balaban J connectivity index is 2.14. The number of rotatable bonds is 4. The molecule has 2 aromatic rings. The molecule has 0 atom stereocenters. The lowest BCUT2D eigenvalue weighted by Gasteiger charge is -2.06. The summed E-state index contributed by atoms with van der Waals surface area (Å²) in [5, 5.41) is 4.48. The molecule has 19 heavy (non-hydrogen) atoms. The highest BCUT2D eigenvalue weighted by Crippen LogP contribution is 2.41. The van der Waals surface area contributed by atoms with Gasteiger partial charge in [0, 0.05) is 31.3 Å². The Morgan fingerprint density at radius 2 is 2.05 bits per heavy atom. The van der Waals surface area contributed by atoms with E-state index in [9.17, 15) is 0 Å². The summed E-state index contributed by atoms with van der Waals surface area (Å²) in [6.07, 6.45) is 6.28. The molecule has 102 valence electrons. The Morgan fingerprint density at radius 3 is 2.63 bits per heavy atom. The summed E-state index contributed by atoms with van der Waals surface area (Å²) >= 11 is 0. The van der Waals surface area contributed by atoms with Crippen LogP contribution in [0.25, 0.3) is 11.3 Å². The molecule has 0 aromatic carbocycles. The van der Waals surface area contributed by atoms with Crippen LogP contribution in [0.2, 0.25) is 0 Å². The maximum atomic E-state index is 6.35. The molecule has 3 rings (SSSR count). The fraction of sp³-hybridized carbons (Fsp3) is 0.571. The molecule has 0 unspecified atom stereocenters. The highest BCUT2D eigenvalue weighted by atomic mass is 15.3. The second-order valence-corrected chi connectivity index (χ2v) is 5.23. The van der Waals surface area contributed by atoms with Gasteiger partial charge in [-0.1, -0.05) is 13.8 Å². The molecule has 0 spiro atoms. The number of imidazole rings is 1. The zero-order chi connectivity index (χ0) is 13.6. The number of hydrogen-bond acceptors (Lipinski definition) is 3. The monoisotopic (exact) mass is 259 g/mol. The molecule has 2 heterocycles. The summed E-state index contributed by atoms with van der Waals surface area (Å²) < 4.78 is 4.07. The van der Waals surface area contributed by atoms with E-state index in [1.165, 1.54) is 12.8 Å². The topological polar surface area (TPSA) is 61.7 Å². The zero-order valence-electron chi connectivity index (χ0n) is 11.8. The van der Waals surface area contributed by atoms with Crippen molar-refractivity contribution in [2.45, 2.75) is 45.6 Å². The minimum absolute atomic E-state index is 0.568. The van der Waals surface area contributed by atoms with Gasteiger partial charge in [0.1, 0.15) is 17.3 Å². The summed E-state index contributed by atoms with van der Waals surface area (Å²) in [4.78, 5) is 4.77. The molecule has 1 saturated carbocycles. The van der Waals surface area contributed by atoms with Crippen LogP contribution >= 0.6 is 0 Å². The lowest BCUT2D eigenvalue weighted by Crippen LogP contribution is -2.04. The molecular formula is C14H21N5. The first-order valence-electron chi connectivity index (χ1n) is 7.05. The predicted molar refractivity (Wildman–Crippen MR) is 75.9 cm³/mol. The van der Waals surface area contributed by atoms with Gasteiger partial charge in [-0.15, -0.1) is 0 Å². The Morgan fingerprint density at radius 1 is 1.32 bits per heavy atom. The fourth-order valence-electron chi connectivity index (χ4n) is 2.67. The van der Waals surface area contributed by atoms with Crippen molar-refractivity contribution in [1.82, 2.24) is 19.3 Å². The lowest BCUT2D eigenvalue weighted by atomic mass is 10.1. The van der Waals surface area contributed by atoms with Crippen LogP contribution < -0.4 is 5.73 Å². The molecular weight excluding hydrogens is 238 g/mol. The van der Waals surface area contributed by atoms with E-state index in [0.29, 0.717) is 6.04 Å². The van der Waals surface area contributed by atoms with Crippen molar-refractivity contribution < 1.29 is 0 Å². The van der Waals surface area contributed by atoms with Crippen LogP contribution in [0.3, 0.4) is 0 Å². The van der Waals surface area contributed by atoms with Gasteiger partial charge in [0.2, 0.25) is 0 Å². The molecule has 1 fully saturated rings. The van der Waals surface area contributed by atoms with E-state index >= 15 is 0 Å². The van der Waals surface area contributed by atoms with E-state index in [4.69, 9.17) is 10.7 Å². The summed E-state index contributed by atoms with van der Waals surface area (Å²) in [6.45, 7) is 4.25. The van der Waals surface area contributed by atoms with Crippen LogP contribution in [-0.2, 0) is 19.9 Å². The number of aromatic nitrogens is 4. The highest BCUT2D eigenvalue weighted by molar-refractivity contribution is 5.72. The van der Waals surface area contributed by atoms with Crippen LogP contribution in [0.5, 0.6) is 0 Å².